The third-order valence-electron chi connectivity index (χ3n) is 4.53. The van der Waals surface area contributed by atoms with Crippen LogP contribution in [0.15, 0.2) is 0 Å². The Morgan fingerprint density at radius 3 is 2.50 bits per heavy atom. The monoisotopic (exact) mass is 284 g/mol. The molecule has 0 aromatic heterocycles. The first kappa shape index (κ1) is 15.1. The van der Waals surface area contributed by atoms with Crippen LogP contribution in [0.3, 0.4) is 0 Å². The van der Waals surface area contributed by atoms with E-state index in [9.17, 15) is 14.7 Å². The zero-order valence-corrected chi connectivity index (χ0v) is 11.9. The Morgan fingerprint density at radius 1 is 1.20 bits per heavy atom. The smallest absolute Gasteiger partial charge is 0.328 e. The van der Waals surface area contributed by atoms with Gasteiger partial charge in [0.25, 0.3) is 0 Å². The molecule has 2 fully saturated rings. The number of aliphatic hydroxyl groups is 1. The number of urea groups is 1. The van der Waals surface area contributed by atoms with Crippen molar-refractivity contribution in [3.63, 3.8) is 0 Å². The van der Waals surface area contributed by atoms with E-state index < -0.39 is 18.1 Å². The summed E-state index contributed by atoms with van der Waals surface area (Å²) in [7, 11) is 0. The molecular weight excluding hydrogens is 260 g/mol. The third kappa shape index (κ3) is 3.23. The van der Waals surface area contributed by atoms with Gasteiger partial charge in [0.15, 0.2) is 6.04 Å². The van der Waals surface area contributed by atoms with E-state index in [1.807, 2.05) is 0 Å². The fourth-order valence-electron chi connectivity index (χ4n) is 3.48. The molecule has 0 bridgehead atoms. The predicted molar refractivity (Wildman–Crippen MR) is 73.3 cm³/mol. The average molecular weight is 284 g/mol. The van der Waals surface area contributed by atoms with Gasteiger partial charge in [0.05, 0.1) is 6.10 Å². The second-order valence-electron chi connectivity index (χ2n) is 5.95. The number of fused-ring (bicyclic) bond motifs is 1. The molecule has 1 aliphatic heterocycles. The summed E-state index contributed by atoms with van der Waals surface area (Å²) in [6.07, 6.45) is 5.54. The SMILES string of the molecule is C[C@@H](O)[C@H](NC(=O)N1CCC[C@H]2CCCC[C@H]21)C(=O)O. The van der Waals surface area contributed by atoms with Crippen molar-refractivity contribution in [2.75, 3.05) is 6.54 Å². The quantitative estimate of drug-likeness (QED) is 0.726. The Kier molecular flexibility index (Phi) is 4.86. The summed E-state index contributed by atoms with van der Waals surface area (Å²) in [6.45, 7) is 2.05. The number of likely N-dealkylation sites (tertiary alicyclic amines) is 1. The van der Waals surface area contributed by atoms with Crippen LogP contribution in [0, 0.1) is 5.92 Å². The van der Waals surface area contributed by atoms with Crippen molar-refractivity contribution >= 4 is 12.0 Å². The summed E-state index contributed by atoms with van der Waals surface area (Å²) >= 11 is 0. The molecule has 2 rings (SSSR count). The molecule has 114 valence electrons. The van der Waals surface area contributed by atoms with Crippen LogP contribution in [0.25, 0.3) is 0 Å². The van der Waals surface area contributed by atoms with E-state index in [2.05, 4.69) is 5.32 Å². The Bertz CT molecular complexity index is 370. The van der Waals surface area contributed by atoms with Gasteiger partial charge >= 0.3 is 12.0 Å². The molecule has 1 aliphatic carbocycles. The van der Waals surface area contributed by atoms with Crippen LogP contribution in [0.1, 0.15) is 45.4 Å². The molecule has 0 spiro atoms. The van der Waals surface area contributed by atoms with Crippen LogP contribution in [0.2, 0.25) is 0 Å². The molecule has 0 aromatic rings. The van der Waals surface area contributed by atoms with E-state index in [1.54, 1.807) is 4.90 Å². The van der Waals surface area contributed by atoms with Crippen molar-refractivity contribution in [2.24, 2.45) is 5.92 Å². The number of rotatable bonds is 3. The lowest BCUT2D eigenvalue weighted by atomic mass is 9.78. The van der Waals surface area contributed by atoms with Gasteiger partial charge in [-0.05, 0) is 38.5 Å². The van der Waals surface area contributed by atoms with E-state index in [4.69, 9.17) is 5.11 Å². The summed E-state index contributed by atoms with van der Waals surface area (Å²) in [6, 6.07) is -1.36. The number of carboxylic acid groups (broad SMARTS) is 1. The van der Waals surface area contributed by atoms with Crippen molar-refractivity contribution in [1.29, 1.82) is 0 Å². The molecule has 6 heteroatoms. The molecule has 6 nitrogen and oxygen atoms in total. The van der Waals surface area contributed by atoms with Crippen molar-refractivity contribution < 1.29 is 19.8 Å². The predicted octanol–water partition coefficient (Wildman–Crippen LogP) is 1.18. The molecule has 1 heterocycles. The molecule has 20 heavy (non-hydrogen) atoms. The van der Waals surface area contributed by atoms with Crippen LogP contribution < -0.4 is 5.32 Å². The van der Waals surface area contributed by atoms with Crippen molar-refractivity contribution in [2.45, 2.75) is 63.6 Å². The summed E-state index contributed by atoms with van der Waals surface area (Å²) in [4.78, 5) is 25.1. The highest BCUT2D eigenvalue weighted by Crippen LogP contribution is 2.35. The molecule has 2 aliphatic rings. The number of carboxylic acids is 1. The van der Waals surface area contributed by atoms with Gasteiger partial charge in [-0.1, -0.05) is 12.8 Å². The molecular formula is C14H24N2O4. The second kappa shape index (κ2) is 6.43. The minimum Gasteiger partial charge on any atom is -0.480 e. The number of aliphatic carboxylic acids is 1. The normalized spacial score (nSPS) is 29.2. The molecule has 0 radical (unpaired) electrons. The maximum absolute atomic E-state index is 12.3. The number of carbonyl (C=O) groups excluding carboxylic acids is 1. The number of piperidine rings is 1. The number of nitrogens with zero attached hydrogens (tertiary/aromatic N) is 1. The molecule has 2 amide bonds. The van der Waals surface area contributed by atoms with Crippen molar-refractivity contribution in [3.8, 4) is 0 Å². The molecule has 3 N–H and O–H groups in total. The van der Waals surface area contributed by atoms with E-state index in [1.165, 1.54) is 13.3 Å². The molecule has 0 unspecified atom stereocenters. The van der Waals surface area contributed by atoms with Gasteiger partial charge in [-0.3, -0.25) is 0 Å². The lowest BCUT2D eigenvalue weighted by Crippen LogP contribution is -2.57. The Labute approximate surface area is 119 Å². The van der Waals surface area contributed by atoms with Gasteiger partial charge in [0.1, 0.15) is 0 Å². The van der Waals surface area contributed by atoms with E-state index >= 15 is 0 Å². The van der Waals surface area contributed by atoms with Gasteiger partial charge in [-0.25, -0.2) is 9.59 Å². The molecule has 1 saturated carbocycles. The van der Waals surface area contributed by atoms with Gasteiger partial charge in [0.2, 0.25) is 0 Å². The Morgan fingerprint density at radius 2 is 1.85 bits per heavy atom. The largest absolute Gasteiger partial charge is 0.480 e. The number of aliphatic hydroxyl groups excluding tert-OH is 1. The topological polar surface area (TPSA) is 89.9 Å². The van der Waals surface area contributed by atoms with Gasteiger partial charge in [-0.2, -0.15) is 0 Å². The highest BCUT2D eigenvalue weighted by molar-refractivity contribution is 5.83. The number of nitrogens with one attached hydrogen (secondary N) is 1. The Balaban J connectivity index is 2.01. The number of hydrogen-bond donors (Lipinski definition) is 3. The minimum absolute atomic E-state index is 0.237. The van der Waals surface area contributed by atoms with Crippen molar-refractivity contribution in [1.82, 2.24) is 10.2 Å². The second-order valence-corrected chi connectivity index (χ2v) is 5.95. The molecule has 1 saturated heterocycles. The minimum atomic E-state index is -1.24. The third-order valence-corrected chi connectivity index (χ3v) is 4.53. The van der Waals surface area contributed by atoms with Crippen LogP contribution in [-0.4, -0.2) is 51.8 Å². The highest BCUT2D eigenvalue weighted by atomic mass is 16.4. The summed E-state index contributed by atoms with van der Waals surface area (Å²) in [5.41, 5.74) is 0. The van der Waals surface area contributed by atoms with Gasteiger partial charge in [0, 0.05) is 12.6 Å². The average Bonchev–Trinajstić information content (AvgIpc) is 2.43. The Hall–Kier alpha value is -1.30. The molecule has 0 aromatic carbocycles. The van der Waals surface area contributed by atoms with E-state index in [0.29, 0.717) is 12.5 Å². The van der Waals surface area contributed by atoms with E-state index in [0.717, 1.165) is 32.1 Å². The summed E-state index contributed by atoms with van der Waals surface area (Å²) in [5.74, 6) is -0.649. The highest BCUT2D eigenvalue weighted by Gasteiger charge is 2.37. The standard InChI is InChI=1S/C14H24N2O4/c1-9(17)12(13(18)19)15-14(20)16-8-4-6-10-5-2-3-7-11(10)16/h9-12,17H,2-8H2,1H3,(H,15,20)(H,18,19)/t9-,10-,11-,12+/m1/s1. The lowest BCUT2D eigenvalue weighted by Gasteiger charge is -2.44. The zero-order chi connectivity index (χ0) is 14.7. The van der Waals surface area contributed by atoms with Gasteiger partial charge < -0.3 is 20.4 Å². The fraction of sp³-hybridized carbons (Fsp3) is 0.857. The molecule has 4 atom stereocenters. The van der Waals surface area contributed by atoms with Gasteiger partial charge in [-0.15, -0.1) is 0 Å². The first-order chi connectivity index (χ1) is 9.50. The first-order valence-electron chi connectivity index (χ1n) is 7.48. The van der Waals surface area contributed by atoms with Crippen LogP contribution >= 0.6 is 0 Å². The van der Waals surface area contributed by atoms with E-state index in [-0.39, 0.29) is 12.1 Å². The summed E-state index contributed by atoms with van der Waals surface area (Å²) < 4.78 is 0. The first-order valence-corrected chi connectivity index (χ1v) is 7.48. The van der Waals surface area contributed by atoms with Crippen LogP contribution in [0.4, 0.5) is 4.79 Å². The summed E-state index contributed by atoms with van der Waals surface area (Å²) in [5, 5.41) is 20.9. The number of amides is 2. The van der Waals surface area contributed by atoms with Crippen molar-refractivity contribution in [3.05, 3.63) is 0 Å². The van der Waals surface area contributed by atoms with Crippen LogP contribution in [0.5, 0.6) is 0 Å². The number of hydrogen-bond acceptors (Lipinski definition) is 3. The maximum Gasteiger partial charge on any atom is 0.328 e. The lowest BCUT2D eigenvalue weighted by molar-refractivity contribution is -0.141. The fourth-order valence-corrected chi connectivity index (χ4v) is 3.48. The number of carbonyl (C=O) groups is 2. The van der Waals surface area contributed by atoms with Crippen LogP contribution in [-0.2, 0) is 4.79 Å². The maximum atomic E-state index is 12.3. The zero-order valence-electron chi connectivity index (χ0n) is 11.9.